The van der Waals surface area contributed by atoms with Crippen LogP contribution in [0.25, 0.3) is 0 Å². The Morgan fingerprint density at radius 2 is 2.29 bits per heavy atom. The molecule has 0 saturated carbocycles. The van der Waals surface area contributed by atoms with Gasteiger partial charge in [-0.1, -0.05) is 25.1 Å². The van der Waals surface area contributed by atoms with Gasteiger partial charge in [0.1, 0.15) is 5.75 Å². The fraction of sp³-hybridized carbons (Fsp3) is 0.571. The van der Waals surface area contributed by atoms with Crippen LogP contribution in [0, 0.1) is 5.92 Å². The van der Waals surface area contributed by atoms with Crippen molar-refractivity contribution in [1.29, 1.82) is 0 Å². The Balaban J connectivity index is 2.24. The lowest BCUT2D eigenvalue weighted by atomic mass is 9.92. The molecule has 1 aliphatic heterocycles. The molecule has 3 heteroatoms. The third-order valence-corrected chi connectivity index (χ3v) is 4.52. The quantitative estimate of drug-likeness (QED) is 0.869. The van der Waals surface area contributed by atoms with Gasteiger partial charge in [0.05, 0.1) is 7.11 Å². The van der Waals surface area contributed by atoms with Gasteiger partial charge in [0.2, 0.25) is 0 Å². The number of benzene rings is 1. The first-order valence-corrected chi connectivity index (χ1v) is 7.46. The maximum absolute atomic E-state index is 5.49. The summed E-state index contributed by atoms with van der Waals surface area (Å²) in [7, 11) is 1.76. The number of nitrogens with one attached hydrogen (secondary N) is 1. The summed E-state index contributed by atoms with van der Waals surface area (Å²) in [5.74, 6) is 4.30. The Labute approximate surface area is 108 Å². The topological polar surface area (TPSA) is 21.3 Å². The van der Waals surface area contributed by atoms with Crippen LogP contribution in [-0.4, -0.2) is 25.2 Å². The number of methoxy groups -OCH3 is 1. The molecule has 1 saturated heterocycles. The summed E-state index contributed by atoms with van der Waals surface area (Å²) in [6.45, 7) is 3.17. The molecule has 0 aromatic heterocycles. The smallest absolute Gasteiger partial charge is 0.123 e. The summed E-state index contributed by atoms with van der Waals surface area (Å²) in [4.78, 5) is 0. The lowest BCUT2D eigenvalue weighted by Crippen LogP contribution is -2.28. The number of ether oxygens (including phenoxy) is 1. The lowest BCUT2D eigenvalue weighted by molar-refractivity contribution is 0.365. The molecule has 2 atom stereocenters. The first kappa shape index (κ1) is 12.8. The van der Waals surface area contributed by atoms with Crippen molar-refractivity contribution in [2.45, 2.75) is 19.4 Å². The molecule has 94 valence electrons. The molecule has 2 rings (SSSR count). The zero-order valence-corrected chi connectivity index (χ0v) is 11.4. The van der Waals surface area contributed by atoms with E-state index in [0.717, 1.165) is 18.2 Å². The molecule has 1 aliphatic rings. The van der Waals surface area contributed by atoms with E-state index in [1.165, 1.54) is 23.5 Å². The second kappa shape index (κ2) is 6.31. The van der Waals surface area contributed by atoms with Crippen LogP contribution in [0.15, 0.2) is 24.3 Å². The van der Waals surface area contributed by atoms with Gasteiger partial charge in [-0.05, 0) is 36.5 Å². The van der Waals surface area contributed by atoms with Gasteiger partial charge in [-0.15, -0.1) is 0 Å². The van der Waals surface area contributed by atoms with E-state index < -0.39 is 0 Å². The molecule has 1 N–H and O–H groups in total. The van der Waals surface area contributed by atoms with Gasteiger partial charge < -0.3 is 10.1 Å². The molecule has 0 spiro atoms. The first-order valence-electron chi connectivity index (χ1n) is 6.30. The number of hydrogen-bond donors (Lipinski definition) is 1. The van der Waals surface area contributed by atoms with E-state index in [4.69, 9.17) is 4.74 Å². The molecule has 17 heavy (non-hydrogen) atoms. The maximum atomic E-state index is 5.49. The minimum Gasteiger partial charge on any atom is -0.496 e. The maximum Gasteiger partial charge on any atom is 0.123 e. The van der Waals surface area contributed by atoms with Crippen LogP contribution in [-0.2, 0) is 0 Å². The van der Waals surface area contributed by atoms with E-state index in [1.54, 1.807) is 7.11 Å². The van der Waals surface area contributed by atoms with Crippen molar-refractivity contribution in [1.82, 2.24) is 5.32 Å². The van der Waals surface area contributed by atoms with Crippen LogP contribution < -0.4 is 10.1 Å². The van der Waals surface area contributed by atoms with Crippen LogP contribution >= 0.6 is 11.8 Å². The van der Waals surface area contributed by atoms with Crippen molar-refractivity contribution >= 4 is 11.8 Å². The van der Waals surface area contributed by atoms with E-state index in [-0.39, 0.29) is 0 Å². The number of thioether (sulfide) groups is 1. The SMILES string of the molecule is CCNC(c1ccccc1OC)C1CCSC1. The predicted octanol–water partition coefficient (Wildman–Crippen LogP) is 3.10. The van der Waals surface area contributed by atoms with Gasteiger partial charge >= 0.3 is 0 Å². The molecule has 1 fully saturated rings. The van der Waals surface area contributed by atoms with Crippen LogP contribution in [0.4, 0.5) is 0 Å². The van der Waals surface area contributed by atoms with Gasteiger partial charge in [0, 0.05) is 11.6 Å². The Morgan fingerprint density at radius 1 is 1.47 bits per heavy atom. The van der Waals surface area contributed by atoms with Crippen molar-refractivity contribution in [3.05, 3.63) is 29.8 Å². The average molecular weight is 251 g/mol. The number of hydrogen-bond acceptors (Lipinski definition) is 3. The summed E-state index contributed by atoms with van der Waals surface area (Å²) in [5.41, 5.74) is 1.31. The molecule has 1 aromatic rings. The fourth-order valence-corrected chi connectivity index (χ4v) is 3.79. The lowest BCUT2D eigenvalue weighted by Gasteiger charge is -2.25. The third kappa shape index (κ3) is 2.96. The van der Waals surface area contributed by atoms with Crippen LogP contribution in [0.5, 0.6) is 5.75 Å². The van der Waals surface area contributed by atoms with E-state index in [2.05, 4.69) is 42.2 Å². The van der Waals surface area contributed by atoms with Crippen molar-refractivity contribution in [2.75, 3.05) is 25.2 Å². The van der Waals surface area contributed by atoms with Gasteiger partial charge in [0.15, 0.2) is 0 Å². The van der Waals surface area contributed by atoms with Crippen molar-refractivity contribution in [3.8, 4) is 5.75 Å². The molecule has 1 aromatic carbocycles. The zero-order chi connectivity index (χ0) is 12.1. The molecule has 2 unspecified atom stereocenters. The van der Waals surface area contributed by atoms with Crippen LogP contribution in [0.2, 0.25) is 0 Å². The fourth-order valence-electron chi connectivity index (χ4n) is 2.49. The van der Waals surface area contributed by atoms with Gasteiger partial charge in [-0.3, -0.25) is 0 Å². The Hall–Kier alpha value is -0.670. The van der Waals surface area contributed by atoms with Crippen molar-refractivity contribution in [3.63, 3.8) is 0 Å². The monoisotopic (exact) mass is 251 g/mol. The molecule has 2 nitrogen and oxygen atoms in total. The second-order valence-corrected chi connectivity index (χ2v) is 5.55. The average Bonchev–Trinajstić information content (AvgIpc) is 2.89. The molecule has 1 heterocycles. The number of para-hydroxylation sites is 1. The standard InChI is InChI=1S/C14H21NOS/c1-3-15-14(11-8-9-17-10-11)12-6-4-5-7-13(12)16-2/h4-7,11,14-15H,3,8-10H2,1-2H3. The summed E-state index contributed by atoms with van der Waals surface area (Å²) < 4.78 is 5.49. The molecule has 0 radical (unpaired) electrons. The largest absolute Gasteiger partial charge is 0.496 e. The minimum atomic E-state index is 0.436. The second-order valence-electron chi connectivity index (χ2n) is 4.40. The molecule has 0 bridgehead atoms. The summed E-state index contributed by atoms with van der Waals surface area (Å²) in [6, 6.07) is 8.82. The summed E-state index contributed by atoms with van der Waals surface area (Å²) in [6.07, 6.45) is 1.31. The van der Waals surface area contributed by atoms with E-state index in [0.29, 0.717) is 6.04 Å². The number of rotatable bonds is 5. The highest BCUT2D eigenvalue weighted by Gasteiger charge is 2.27. The molecular weight excluding hydrogens is 230 g/mol. The highest BCUT2D eigenvalue weighted by Crippen LogP contribution is 2.37. The van der Waals surface area contributed by atoms with Crippen LogP contribution in [0.3, 0.4) is 0 Å². The minimum absolute atomic E-state index is 0.436. The van der Waals surface area contributed by atoms with Crippen molar-refractivity contribution < 1.29 is 4.74 Å². The Morgan fingerprint density at radius 3 is 2.94 bits per heavy atom. The van der Waals surface area contributed by atoms with Gasteiger partial charge in [-0.25, -0.2) is 0 Å². The van der Waals surface area contributed by atoms with E-state index in [9.17, 15) is 0 Å². The van der Waals surface area contributed by atoms with E-state index in [1.807, 2.05) is 6.07 Å². The molecule has 0 aliphatic carbocycles. The van der Waals surface area contributed by atoms with Gasteiger partial charge in [0.25, 0.3) is 0 Å². The van der Waals surface area contributed by atoms with E-state index >= 15 is 0 Å². The summed E-state index contributed by atoms with van der Waals surface area (Å²) >= 11 is 2.06. The zero-order valence-electron chi connectivity index (χ0n) is 10.6. The predicted molar refractivity (Wildman–Crippen MR) is 74.8 cm³/mol. The highest BCUT2D eigenvalue weighted by atomic mass is 32.2. The van der Waals surface area contributed by atoms with Crippen LogP contribution in [0.1, 0.15) is 24.9 Å². The van der Waals surface area contributed by atoms with Crippen molar-refractivity contribution in [2.24, 2.45) is 5.92 Å². The summed E-state index contributed by atoms with van der Waals surface area (Å²) in [5, 5.41) is 3.62. The molecular formula is C14H21NOS. The Bertz CT molecular complexity index is 350. The normalized spacial score (nSPS) is 21.4. The van der Waals surface area contributed by atoms with Gasteiger partial charge in [-0.2, -0.15) is 11.8 Å². The third-order valence-electron chi connectivity index (χ3n) is 3.33. The Kier molecular flexibility index (Phi) is 4.75. The highest BCUT2D eigenvalue weighted by molar-refractivity contribution is 7.99. The molecule has 0 amide bonds. The first-order chi connectivity index (χ1) is 8.36.